The molecule has 4 rings (SSSR count). The Hall–Kier alpha value is -2.77. The van der Waals surface area contributed by atoms with Crippen molar-refractivity contribution in [3.63, 3.8) is 0 Å². The van der Waals surface area contributed by atoms with E-state index in [0.29, 0.717) is 31.7 Å². The summed E-state index contributed by atoms with van der Waals surface area (Å²) in [6, 6.07) is 5.32. The van der Waals surface area contributed by atoms with Crippen molar-refractivity contribution < 1.29 is 19.2 Å². The lowest BCUT2D eigenvalue weighted by Gasteiger charge is -2.32. The first-order valence-electron chi connectivity index (χ1n) is 10.4. The molecule has 0 unspecified atom stereocenters. The van der Waals surface area contributed by atoms with Gasteiger partial charge in [-0.2, -0.15) is 0 Å². The zero-order valence-corrected chi connectivity index (χ0v) is 16.4. The number of fused-ring (bicyclic) bond motifs is 1. The van der Waals surface area contributed by atoms with E-state index in [0.717, 1.165) is 25.7 Å². The molecule has 0 radical (unpaired) electrons. The minimum Gasteiger partial charge on any atom is -0.341 e. The van der Waals surface area contributed by atoms with Crippen molar-refractivity contribution in [1.82, 2.24) is 14.8 Å². The van der Waals surface area contributed by atoms with Gasteiger partial charge >= 0.3 is 0 Å². The highest BCUT2D eigenvalue weighted by molar-refractivity contribution is 6.07. The van der Waals surface area contributed by atoms with Crippen molar-refractivity contribution in [3.8, 4) is 0 Å². The van der Waals surface area contributed by atoms with Crippen LogP contribution in [0.15, 0.2) is 24.4 Å². The Morgan fingerprint density at radius 1 is 1.00 bits per heavy atom. The number of likely N-dealkylation sites (tertiary alicyclic amines) is 2. The Bertz CT molecular complexity index is 780. The highest BCUT2D eigenvalue weighted by Gasteiger charge is 2.48. The summed E-state index contributed by atoms with van der Waals surface area (Å²) in [5.41, 5.74) is 0. The second-order valence-electron chi connectivity index (χ2n) is 8.12. The van der Waals surface area contributed by atoms with Crippen molar-refractivity contribution in [1.29, 1.82) is 0 Å². The molecule has 0 aromatic carbocycles. The second kappa shape index (κ2) is 8.31. The lowest BCUT2D eigenvalue weighted by atomic mass is 9.81. The van der Waals surface area contributed by atoms with Crippen LogP contribution in [-0.2, 0) is 19.2 Å². The molecule has 2 aliphatic heterocycles. The summed E-state index contributed by atoms with van der Waals surface area (Å²) >= 11 is 0. The first-order chi connectivity index (χ1) is 14.0. The number of imide groups is 1. The molecule has 1 saturated carbocycles. The van der Waals surface area contributed by atoms with Crippen LogP contribution in [0.1, 0.15) is 38.5 Å². The number of anilines is 1. The zero-order chi connectivity index (χ0) is 20.4. The first kappa shape index (κ1) is 19.5. The van der Waals surface area contributed by atoms with Gasteiger partial charge in [-0.1, -0.05) is 18.9 Å². The first-order valence-corrected chi connectivity index (χ1v) is 10.4. The second-order valence-corrected chi connectivity index (χ2v) is 8.12. The Kier molecular flexibility index (Phi) is 5.60. The quantitative estimate of drug-likeness (QED) is 0.774. The lowest BCUT2D eigenvalue weighted by Crippen LogP contribution is -2.47. The summed E-state index contributed by atoms with van der Waals surface area (Å²) in [6.45, 7) is 0.722. The van der Waals surface area contributed by atoms with Crippen LogP contribution in [0, 0.1) is 17.8 Å². The third-order valence-corrected chi connectivity index (χ3v) is 6.36. The molecular formula is C21H26N4O4. The smallest absolute Gasteiger partial charge is 0.242 e. The molecule has 1 aliphatic carbocycles. The van der Waals surface area contributed by atoms with Crippen LogP contribution in [-0.4, -0.2) is 58.0 Å². The van der Waals surface area contributed by atoms with Crippen molar-refractivity contribution in [2.45, 2.75) is 38.5 Å². The average molecular weight is 398 g/mol. The summed E-state index contributed by atoms with van der Waals surface area (Å²) in [5.74, 6) is -0.799. The standard InChI is InChI=1S/C21H26N4O4/c26-18(13-25-20(28)15-5-1-2-6-16(15)21(25)29)24-11-8-14(9-12-24)19(27)23-17-7-3-4-10-22-17/h3-4,7,10,14-16H,1-2,5-6,8-9,11-13H2,(H,22,23,27)/t15-,16-/m0/s1. The summed E-state index contributed by atoms with van der Waals surface area (Å²) in [4.78, 5) is 57.1. The number of pyridine rings is 1. The molecule has 1 aromatic rings. The van der Waals surface area contributed by atoms with Crippen molar-refractivity contribution in [2.75, 3.05) is 25.0 Å². The molecule has 2 atom stereocenters. The summed E-state index contributed by atoms with van der Waals surface area (Å²) in [6.07, 6.45) is 6.16. The average Bonchev–Trinajstić information content (AvgIpc) is 2.99. The number of piperidine rings is 1. The van der Waals surface area contributed by atoms with Gasteiger partial charge in [0.1, 0.15) is 12.4 Å². The van der Waals surface area contributed by atoms with E-state index < -0.39 is 0 Å². The number of hydrogen-bond acceptors (Lipinski definition) is 5. The predicted octanol–water partition coefficient (Wildman–Crippen LogP) is 1.43. The van der Waals surface area contributed by atoms with E-state index in [1.54, 1.807) is 29.3 Å². The van der Waals surface area contributed by atoms with Crippen LogP contribution in [0.2, 0.25) is 0 Å². The van der Waals surface area contributed by atoms with Crippen LogP contribution in [0.3, 0.4) is 0 Å². The normalized spacial score (nSPS) is 25.1. The fourth-order valence-corrected chi connectivity index (χ4v) is 4.68. The topological polar surface area (TPSA) is 99.7 Å². The number of nitrogens with zero attached hydrogens (tertiary/aromatic N) is 3. The van der Waals surface area contributed by atoms with Crippen LogP contribution < -0.4 is 5.32 Å². The van der Waals surface area contributed by atoms with Gasteiger partial charge < -0.3 is 10.2 Å². The van der Waals surface area contributed by atoms with E-state index in [1.165, 1.54) is 4.90 Å². The number of aromatic nitrogens is 1. The van der Waals surface area contributed by atoms with Crippen molar-refractivity contribution >= 4 is 29.4 Å². The number of amides is 4. The van der Waals surface area contributed by atoms with Gasteiger partial charge in [0.15, 0.2) is 0 Å². The molecule has 0 bridgehead atoms. The minimum atomic E-state index is -0.231. The molecule has 4 amide bonds. The Morgan fingerprint density at radius 2 is 1.66 bits per heavy atom. The number of nitrogens with one attached hydrogen (secondary N) is 1. The fourth-order valence-electron chi connectivity index (χ4n) is 4.68. The molecule has 154 valence electrons. The van der Waals surface area contributed by atoms with E-state index in [-0.39, 0.29) is 47.9 Å². The molecular weight excluding hydrogens is 372 g/mol. The van der Waals surface area contributed by atoms with E-state index in [9.17, 15) is 19.2 Å². The molecule has 3 heterocycles. The van der Waals surface area contributed by atoms with Crippen LogP contribution >= 0.6 is 0 Å². The fraction of sp³-hybridized carbons (Fsp3) is 0.571. The maximum atomic E-state index is 12.7. The molecule has 1 N–H and O–H groups in total. The Labute approximate surface area is 169 Å². The largest absolute Gasteiger partial charge is 0.341 e. The van der Waals surface area contributed by atoms with Gasteiger partial charge in [-0.25, -0.2) is 4.98 Å². The lowest BCUT2D eigenvalue weighted by molar-refractivity contribution is -0.147. The third-order valence-electron chi connectivity index (χ3n) is 6.36. The van der Waals surface area contributed by atoms with Gasteiger partial charge in [0.25, 0.3) is 0 Å². The van der Waals surface area contributed by atoms with Gasteiger partial charge in [-0.15, -0.1) is 0 Å². The molecule has 0 spiro atoms. The van der Waals surface area contributed by atoms with E-state index in [4.69, 9.17) is 0 Å². The predicted molar refractivity (Wildman–Crippen MR) is 104 cm³/mol. The maximum absolute atomic E-state index is 12.7. The van der Waals surface area contributed by atoms with E-state index >= 15 is 0 Å². The van der Waals surface area contributed by atoms with E-state index in [1.807, 2.05) is 0 Å². The highest BCUT2D eigenvalue weighted by Crippen LogP contribution is 2.38. The Balaban J connectivity index is 1.28. The van der Waals surface area contributed by atoms with Crippen LogP contribution in [0.25, 0.3) is 0 Å². The van der Waals surface area contributed by atoms with Crippen molar-refractivity contribution in [2.24, 2.45) is 17.8 Å². The number of hydrogen-bond donors (Lipinski definition) is 1. The van der Waals surface area contributed by atoms with Crippen LogP contribution in [0.4, 0.5) is 5.82 Å². The van der Waals surface area contributed by atoms with Gasteiger partial charge in [-0.3, -0.25) is 24.1 Å². The van der Waals surface area contributed by atoms with Crippen molar-refractivity contribution in [3.05, 3.63) is 24.4 Å². The highest BCUT2D eigenvalue weighted by atomic mass is 16.2. The number of rotatable bonds is 4. The molecule has 8 nitrogen and oxygen atoms in total. The molecule has 2 saturated heterocycles. The van der Waals surface area contributed by atoms with Crippen LogP contribution in [0.5, 0.6) is 0 Å². The van der Waals surface area contributed by atoms with Gasteiger partial charge in [0, 0.05) is 25.2 Å². The molecule has 1 aromatic heterocycles. The summed E-state index contributed by atoms with van der Waals surface area (Å²) < 4.78 is 0. The molecule has 3 fully saturated rings. The minimum absolute atomic E-state index is 0.0928. The molecule has 8 heteroatoms. The number of carbonyl (C=O) groups excluding carboxylic acids is 4. The van der Waals surface area contributed by atoms with Gasteiger partial charge in [0.2, 0.25) is 23.6 Å². The SMILES string of the molecule is O=C(Nc1ccccn1)C1CCN(C(=O)CN2C(=O)[C@H]3CCCC[C@@H]3C2=O)CC1. The zero-order valence-electron chi connectivity index (χ0n) is 16.4. The third kappa shape index (κ3) is 4.02. The summed E-state index contributed by atoms with van der Waals surface area (Å²) in [5, 5.41) is 2.80. The maximum Gasteiger partial charge on any atom is 0.242 e. The van der Waals surface area contributed by atoms with E-state index in [2.05, 4.69) is 10.3 Å². The molecule has 3 aliphatic rings. The molecule has 29 heavy (non-hydrogen) atoms. The number of carbonyl (C=O) groups is 4. The monoisotopic (exact) mass is 398 g/mol. The van der Waals surface area contributed by atoms with Gasteiger partial charge in [0.05, 0.1) is 11.8 Å². The summed E-state index contributed by atoms with van der Waals surface area (Å²) in [7, 11) is 0. The Morgan fingerprint density at radius 3 is 2.24 bits per heavy atom. The van der Waals surface area contributed by atoms with Gasteiger partial charge in [-0.05, 0) is 37.8 Å².